The Balaban J connectivity index is 1.95. The first-order valence-electron chi connectivity index (χ1n) is 5.53. The summed E-state index contributed by atoms with van der Waals surface area (Å²) in [4.78, 5) is 11.4. The van der Waals surface area contributed by atoms with Gasteiger partial charge in [0, 0.05) is 0 Å². The number of nitrogens with one attached hydrogen (secondary N) is 1. The summed E-state index contributed by atoms with van der Waals surface area (Å²) in [7, 11) is 0. The largest absolute Gasteiger partial charge is 0.460 e. The zero-order chi connectivity index (χ0) is 13.2. The SMILES string of the molecule is O=C(OCc1cccc(C(F)(F)F)c1)C1CCN1. The number of rotatable bonds is 3. The smallest absolute Gasteiger partial charge is 0.416 e. The van der Waals surface area contributed by atoms with Gasteiger partial charge in [-0.2, -0.15) is 13.2 Å². The van der Waals surface area contributed by atoms with E-state index in [2.05, 4.69) is 5.32 Å². The maximum atomic E-state index is 12.4. The molecule has 3 nitrogen and oxygen atoms in total. The summed E-state index contributed by atoms with van der Waals surface area (Å²) in [6.07, 6.45) is -3.67. The molecule has 1 aromatic carbocycles. The van der Waals surface area contributed by atoms with Crippen LogP contribution in [0.3, 0.4) is 0 Å². The Bertz CT molecular complexity index is 441. The summed E-state index contributed by atoms with van der Waals surface area (Å²) in [6.45, 7) is 0.629. The molecule has 1 aliphatic rings. The third-order valence-electron chi connectivity index (χ3n) is 2.74. The third kappa shape index (κ3) is 3.01. The van der Waals surface area contributed by atoms with Crippen molar-refractivity contribution in [3.8, 4) is 0 Å². The Morgan fingerprint density at radius 3 is 2.72 bits per heavy atom. The number of ether oxygens (including phenoxy) is 1. The number of esters is 1. The summed E-state index contributed by atoms with van der Waals surface area (Å²) < 4.78 is 42.3. The van der Waals surface area contributed by atoms with E-state index in [1.54, 1.807) is 0 Å². The van der Waals surface area contributed by atoms with Crippen LogP contribution in [0.2, 0.25) is 0 Å². The van der Waals surface area contributed by atoms with Crippen molar-refractivity contribution < 1.29 is 22.7 Å². The van der Waals surface area contributed by atoms with E-state index in [0.29, 0.717) is 12.0 Å². The van der Waals surface area contributed by atoms with Crippen LogP contribution in [-0.4, -0.2) is 18.6 Å². The molecule has 0 bridgehead atoms. The van der Waals surface area contributed by atoms with Crippen molar-refractivity contribution in [2.45, 2.75) is 25.2 Å². The second kappa shape index (κ2) is 4.97. The van der Waals surface area contributed by atoms with Crippen molar-refractivity contribution in [1.82, 2.24) is 5.32 Å². The van der Waals surface area contributed by atoms with Gasteiger partial charge in [0.15, 0.2) is 0 Å². The molecule has 0 spiro atoms. The number of hydrogen-bond acceptors (Lipinski definition) is 3. The first-order valence-corrected chi connectivity index (χ1v) is 5.53. The van der Waals surface area contributed by atoms with Gasteiger partial charge in [-0.05, 0) is 30.7 Å². The van der Waals surface area contributed by atoms with Crippen LogP contribution in [0.1, 0.15) is 17.5 Å². The number of benzene rings is 1. The molecule has 0 saturated carbocycles. The first kappa shape index (κ1) is 12.9. The fourth-order valence-electron chi connectivity index (χ4n) is 1.58. The van der Waals surface area contributed by atoms with Gasteiger partial charge >= 0.3 is 12.1 Å². The van der Waals surface area contributed by atoms with Crippen molar-refractivity contribution in [2.24, 2.45) is 0 Å². The second-order valence-corrected chi connectivity index (χ2v) is 4.10. The van der Waals surface area contributed by atoms with Gasteiger partial charge in [-0.1, -0.05) is 12.1 Å². The number of carbonyl (C=O) groups is 1. The molecule has 98 valence electrons. The number of carbonyl (C=O) groups excluding carboxylic acids is 1. The predicted molar refractivity (Wildman–Crippen MR) is 57.6 cm³/mol. The zero-order valence-electron chi connectivity index (χ0n) is 9.46. The van der Waals surface area contributed by atoms with Crippen LogP contribution in [0.25, 0.3) is 0 Å². The topological polar surface area (TPSA) is 38.3 Å². The zero-order valence-corrected chi connectivity index (χ0v) is 9.46. The highest BCUT2D eigenvalue weighted by Gasteiger charge is 2.30. The van der Waals surface area contributed by atoms with E-state index in [0.717, 1.165) is 18.7 Å². The van der Waals surface area contributed by atoms with Gasteiger partial charge in [-0.15, -0.1) is 0 Å². The molecule has 1 heterocycles. The molecule has 1 aliphatic heterocycles. The highest BCUT2D eigenvalue weighted by molar-refractivity contribution is 5.76. The van der Waals surface area contributed by atoms with Gasteiger partial charge in [0.2, 0.25) is 0 Å². The first-order chi connectivity index (χ1) is 8.47. The lowest BCUT2D eigenvalue weighted by Gasteiger charge is -2.25. The maximum Gasteiger partial charge on any atom is 0.416 e. The quantitative estimate of drug-likeness (QED) is 0.845. The molecule has 2 rings (SSSR count). The van der Waals surface area contributed by atoms with Gasteiger partial charge < -0.3 is 10.1 Å². The minimum absolute atomic E-state index is 0.138. The molecule has 0 radical (unpaired) electrons. The van der Waals surface area contributed by atoms with E-state index in [4.69, 9.17) is 4.74 Å². The van der Waals surface area contributed by atoms with Crippen LogP contribution in [-0.2, 0) is 22.3 Å². The van der Waals surface area contributed by atoms with Crippen LogP contribution in [0.4, 0.5) is 13.2 Å². The molecule has 1 aromatic rings. The van der Waals surface area contributed by atoms with E-state index in [-0.39, 0.29) is 12.6 Å². The highest BCUT2D eigenvalue weighted by atomic mass is 19.4. The average Bonchev–Trinajstić information content (AvgIpc) is 2.23. The predicted octanol–water partition coefficient (Wildman–Crippen LogP) is 2.11. The Hall–Kier alpha value is -1.56. The maximum absolute atomic E-state index is 12.4. The molecule has 1 N–H and O–H groups in total. The van der Waals surface area contributed by atoms with Crippen molar-refractivity contribution >= 4 is 5.97 Å². The minimum atomic E-state index is -4.38. The van der Waals surface area contributed by atoms with Crippen molar-refractivity contribution in [1.29, 1.82) is 0 Å². The number of halogens is 3. The van der Waals surface area contributed by atoms with Crippen LogP contribution >= 0.6 is 0 Å². The lowest BCUT2D eigenvalue weighted by Crippen LogP contribution is -2.49. The Labute approximate surface area is 102 Å². The molecule has 0 amide bonds. The van der Waals surface area contributed by atoms with Crippen molar-refractivity contribution in [2.75, 3.05) is 6.54 Å². The normalized spacial score (nSPS) is 19.2. The average molecular weight is 259 g/mol. The van der Waals surface area contributed by atoms with Crippen LogP contribution in [0.5, 0.6) is 0 Å². The van der Waals surface area contributed by atoms with Gasteiger partial charge in [-0.25, -0.2) is 0 Å². The van der Waals surface area contributed by atoms with Crippen LogP contribution in [0, 0.1) is 0 Å². The van der Waals surface area contributed by atoms with E-state index in [1.165, 1.54) is 12.1 Å². The van der Waals surface area contributed by atoms with Gasteiger partial charge in [0.25, 0.3) is 0 Å². The minimum Gasteiger partial charge on any atom is -0.460 e. The molecule has 1 fully saturated rings. The van der Waals surface area contributed by atoms with E-state index < -0.39 is 17.7 Å². The molecular weight excluding hydrogens is 247 g/mol. The second-order valence-electron chi connectivity index (χ2n) is 4.10. The van der Waals surface area contributed by atoms with E-state index >= 15 is 0 Å². The number of alkyl halides is 3. The van der Waals surface area contributed by atoms with E-state index in [9.17, 15) is 18.0 Å². The van der Waals surface area contributed by atoms with Gasteiger partial charge in [-0.3, -0.25) is 4.79 Å². The molecule has 1 saturated heterocycles. The third-order valence-corrected chi connectivity index (χ3v) is 2.74. The number of hydrogen-bond donors (Lipinski definition) is 1. The van der Waals surface area contributed by atoms with Crippen molar-refractivity contribution in [3.63, 3.8) is 0 Å². The molecule has 1 atom stereocenters. The van der Waals surface area contributed by atoms with Gasteiger partial charge in [0.05, 0.1) is 5.56 Å². The summed E-state index contributed by atoms with van der Waals surface area (Å²) in [5.74, 6) is -0.418. The Morgan fingerprint density at radius 1 is 1.44 bits per heavy atom. The van der Waals surface area contributed by atoms with Crippen LogP contribution in [0.15, 0.2) is 24.3 Å². The Morgan fingerprint density at radius 2 is 2.17 bits per heavy atom. The van der Waals surface area contributed by atoms with Crippen LogP contribution < -0.4 is 5.32 Å². The summed E-state index contributed by atoms with van der Waals surface area (Å²) in [5.41, 5.74) is -0.407. The summed E-state index contributed by atoms with van der Waals surface area (Å²) in [6, 6.07) is 4.46. The standard InChI is InChI=1S/C12H12F3NO2/c13-12(14,15)9-3-1-2-8(6-9)7-18-11(17)10-4-5-16-10/h1-3,6,10,16H,4-5,7H2. The Kier molecular flexibility index (Phi) is 3.56. The molecule has 6 heteroatoms. The summed E-state index contributed by atoms with van der Waals surface area (Å²) in [5, 5.41) is 2.86. The monoisotopic (exact) mass is 259 g/mol. The molecule has 0 aromatic heterocycles. The summed E-state index contributed by atoms with van der Waals surface area (Å²) >= 11 is 0. The molecule has 18 heavy (non-hydrogen) atoms. The van der Waals surface area contributed by atoms with E-state index in [1.807, 2.05) is 0 Å². The fraction of sp³-hybridized carbons (Fsp3) is 0.417. The van der Waals surface area contributed by atoms with Gasteiger partial charge in [0.1, 0.15) is 12.6 Å². The lowest BCUT2D eigenvalue weighted by atomic mass is 10.1. The molecule has 0 aliphatic carbocycles. The highest BCUT2D eigenvalue weighted by Crippen LogP contribution is 2.29. The fourth-order valence-corrected chi connectivity index (χ4v) is 1.58. The molecule has 1 unspecified atom stereocenters. The lowest BCUT2D eigenvalue weighted by molar-refractivity contribution is -0.149. The molecular formula is C12H12F3NO2. The van der Waals surface area contributed by atoms with Crippen molar-refractivity contribution in [3.05, 3.63) is 35.4 Å².